The second kappa shape index (κ2) is 15.3. The van der Waals surface area contributed by atoms with Crippen LogP contribution in [-0.2, 0) is 34.1 Å². The maximum Gasteiger partial charge on any atom is 0.315 e. The number of amides is 5. The van der Waals surface area contributed by atoms with Crippen molar-refractivity contribution in [1.29, 1.82) is 0 Å². The Morgan fingerprint density at radius 1 is 0.889 bits per heavy atom. The summed E-state index contributed by atoms with van der Waals surface area (Å²) < 4.78 is 35.3. The molecule has 54 heavy (non-hydrogen) atoms. The number of fused-ring (bicyclic) bond motifs is 1. The van der Waals surface area contributed by atoms with Crippen LogP contribution in [0.1, 0.15) is 114 Å². The summed E-state index contributed by atoms with van der Waals surface area (Å²) in [6.45, 7) is 18.9. The van der Waals surface area contributed by atoms with E-state index < -0.39 is 74.7 Å². The first kappa shape index (κ1) is 42.3. The molecule has 3 saturated carbocycles. The van der Waals surface area contributed by atoms with E-state index in [9.17, 15) is 32.4 Å². The Kier molecular flexibility index (Phi) is 12.0. The minimum atomic E-state index is -3.82. The molecule has 306 valence electrons. The van der Waals surface area contributed by atoms with Crippen LogP contribution in [0.25, 0.3) is 0 Å². The Morgan fingerprint density at radius 3 is 2.02 bits per heavy atom. The number of hydrogen-bond acceptors (Lipinski definition) is 8. The quantitative estimate of drug-likeness (QED) is 0.166. The predicted octanol–water partition coefficient (Wildman–Crippen LogP) is 2.21. The predicted molar refractivity (Wildman–Crippen MR) is 203 cm³/mol. The molecule has 5 amide bonds. The number of nitrogens with zero attached hydrogens (tertiary/aromatic N) is 2. The van der Waals surface area contributed by atoms with Gasteiger partial charge in [-0.2, -0.15) is 12.7 Å². The fourth-order valence-corrected chi connectivity index (χ4v) is 10.5. The molecule has 16 heteroatoms. The number of nitrogens with one attached hydrogen (secondary N) is 5. The molecule has 2 aliphatic heterocycles. The van der Waals surface area contributed by atoms with Crippen molar-refractivity contribution >= 4 is 39.7 Å². The van der Waals surface area contributed by atoms with E-state index in [1.807, 2.05) is 48.5 Å². The van der Waals surface area contributed by atoms with E-state index in [0.29, 0.717) is 32.6 Å². The number of ketones is 1. The van der Waals surface area contributed by atoms with E-state index in [-0.39, 0.29) is 48.3 Å². The van der Waals surface area contributed by atoms with Crippen molar-refractivity contribution in [2.75, 3.05) is 39.4 Å². The van der Waals surface area contributed by atoms with Gasteiger partial charge < -0.3 is 30.9 Å². The van der Waals surface area contributed by atoms with Crippen LogP contribution in [0.4, 0.5) is 4.79 Å². The second-order valence-corrected chi connectivity index (χ2v) is 20.7. The topological polar surface area (TPSA) is 195 Å². The molecular weight excluding hydrogens is 715 g/mol. The van der Waals surface area contributed by atoms with E-state index >= 15 is 0 Å². The summed E-state index contributed by atoms with van der Waals surface area (Å²) in [6.07, 6.45) is 6.05. The van der Waals surface area contributed by atoms with Crippen LogP contribution < -0.4 is 26.0 Å². The Labute approximate surface area is 321 Å². The molecule has 0 radical (unpaired) electrons. The van der Waals surface area contributed by atoms with Gasteiger partial charge in [0.05, 0.1) is 19.3 Å². The molecule has 0 aromatic carbocycles. The fraction of sp³-hybridized carbons (Fsp3) is 0.868. The summed E-state index contributed by atoms with van der Waals surface area (Å²) in [5.74, 6) is -2.26. The molecule has 2 heterocycles. The number of hydrogen-bond donors (Lipinski definition) is 5. The van der Waals surface area contributed by atoms with Gasteiger partial charge in [-0.3, -0.25) is 19.2 Å². The average Bonchev–Trinajstić information content (AvgIpc) is 3.89. The van der Waals surface area contributed by atoms with Crippen molar-refractivity contribution in [3.63, 3.8) is 0 Å². The maximum absolute atomic E-state index is 14.8. The molecule has 2 saturated heterocycles. The summed E-state index contributed by atoms with van der Waals surface area (Å²) >= 11 is 0. The molecule has 5 fully saturated rings. The van der Waals surface area contributed by atoms with Gasteiger partial charge in [-0.05, 0) is 60.2 Å². The first-order valence-corrected chi connectivity index (χ1v) is 21.3. The van der Waals surface area contributed by atoms with Gasteiger partial charge in [-0.1, -0.05) is 75.2 Å². The van der Waals surface area contributed by atoms with Crippen LogP contribution in [0.2, 0.25) is 0 Å². The van der Waals surface area contributed by atoms with Crippen LogP contribution in [0.5, 0.6) is 0 Å². The standard InChI is InChI=1S/C38H65N7O8S/c1-10-12-25(28(46)31(48)40-24-13-14-24)41-30(47)26-21-38(36(8,9)37(38)15-11-16-37)23-45(26)32(49)29(35(5,6)7)43-33(50)42-27(34(2,3)4)22-39-54(51,52)44-17-19-53-20-18-44/h24-27,29,39H,10-23H2,1-9H3,(H,40,48)(H,41,47)(H2,42,43,50)/t25?,26-,27-,29+,38+/m0/s1. The number of urea groups is 1. The lowest BCUT2D eigenvalue weighted by Gasteiger charge is -2.37. The second-order valence-electron chi connectivity index (χ2n) is 19.0. The first-order chi connectivity index (χ1) is 25.0. The van der Waals surface area contributed by atoms with Gasteiger partial charge in [-0.25, -0.2) is 9.52 Å². The third kappa shape index (κ3) is 8.17. The van der Waals surface area contributed by atoms with Gasteiger partial charge in [0.1, 0.15) is 12.1 Å². The summed E-state index contributed by atoms with van der Waals surface area (Å²) in [5.41, 5.74) is -1.76. The van der Waals surface area contributed by atoms with Crippen LogP contribution in [-0.4, -0.2) is 117 Å². The Balaban J connectivity index is 1.35. The maximum atomic E-state index is 14.8. The lowest BCUT2D eigenvalue weighted by atomic mass is 9.73. The highest BCUT2D eigenvalue weighted by Gasteiger charge is 2.85. The number of ether oxygens (including phenoxy) is 1. The normalized spacial score (nSPS) is 26.7. The van der Waals surface area contributed by atoms with E-state index in [0.717, 1.165) is 32.1 Å². The van der Waals surface area contributed by atoms with Gasteiger partial charge >= 0.3 is 6.03 Å². The van der Waals surface area contributed by atoms with Gasteiger partial charge in [-0.15, -0.1) is 0 Å². The highest BCUT2D eigenvalue weighted by molar-refractivity contribution is 7.87. The molecule has 5 aliphatic rings. The minimum absolute atomic E-state index is 0.00454. The highest BCUT2D eigenvalue weighted by atomic mass is 32.2. The molecule has 5 rings (SSSR count). The smallest absolute Gasteiger partial charge is 0.315 e. The number of rotatable bonds is 14. The van der Waals surface area contributed by atoms with E-state index in [4.69, 9.17) is 4.74 Å². The van der Waals surface area contributed by atoms with E-state index in [1.54, 1.807) is 4.90 Å². The summed E-state index contributed by atoms with van der Waals surface area (Å²) in [6, 6.07) is -4.26. The molecule has 0 bridgehead atoms. The van der Waals surface area contributed by atoms with Crippen LogP contribution >= 0.6 is 0 Å². The Bertz CT molecular complexity index is 1570. The first-order valence-electron chi connectivity index (χ1n) is 19.9. The summed E-state index contributed by atoms with van der Waals surface area (Å²) in [5, 5.41) is 11.4. The Hall–Kier alpha value is -2.82. The summed E-state index contributed by atoms with van der Waals surface area (Å²) in [7, 11) is -3.82. The minimum Gasteiger partial charge on any atom is -0.379 e. The third-order valence-corrected chi connectivity index (χ3v) is 14.8. The largest absolute Gasteiger partial charge is 0.379 e. The molecule has 1 unspecified atom stereocenters. The van der Waals surface area contributed by atoms with Gasteiger partial charge in [0.2, 0.25) is 17.6 Å². The number of carbonyl (C=O) groups is 5. The van der Waals surface area contributed by atoms with Gasteiger partial charge in [0.25, 0.3) is 16.1 Å². The SMILES string of the molecule is CCCC(NC(=O)[C@@H]1C[C@@]2(CN1C(=O)[C@@H](NC(=O)N[C@@H](CNS(=O)(=O)N1CCOCC1)C(C)(C)C)C(C)(C)C)C(C)(C)C21CCC1)C(=O)C(=O)NC1CC1. The van der Waals surface area contributed by atoms with Gasteiger partial charge in [0.15, 0.2) is 0 Å². The summed E-state index contributed by atoms with van der Waals surface area (Å²) in [4.78, 5) is 70.6. The third-order valence-electron chi connectivity index (χ3n) is 13.3. The zero-order chi connectivity index (χ0) is 40.1. The van der Waals surface area contributed by atoms with Crippen molar-refractivity contribution in [1.82, 2.24) is 35.2 Å². The average molecular weight is 780 g/mol. The number of carbonyl (C=O) groups excluding carboxylic acids is 5. The van der Waals surface area contributed by atoms with E-state index in [2.05, 4.69) is 39.8 Å². The molecule has 3 aliphatic carbocycles. The van der Waals surface area contributed by atoms with Crippen LogP contribution in [0, 0.1) is 27.1 Å². The zero-order valence-corrected chi connectivity index (χ0v) is 34.7. The number of Topliss-reactive ketones (excluding diaryl/α,β-unsaturated/α-hetero) is 1. The molecule has 5 N–H and O–H groups in total. The van der Waals surface area contributed by atoms with E-state index in [1.165, 1.54) is 4.31 Å². The van der Waals surface area contributed by atoms with Crippen molar-refractivity contribution in [3.8, 4) is 0 Å². The van der Waals surface area contributed by atoms with Crippen molar-refractivity contribution in [2.24, 2.45) is 27.1 Å². The molecule has 2 spiro atoms. The molecule has 0 aromatic rings. The van der Waals surface area contributed by atoms with Crippen molar-refractivity contribution in [2.45, 2.75) is 144 Å². The molecule has 5 atom stereocenters. The highest BCUT2D eigenvalue weighted by Crippen LogP contribution is 2.88. The monoisotopic (exact) mass is 779 g/mol. The van der Waals surface area contributed by atoms with Crippen molar-refractivity contribution < 1.29 is 37.1 Å². The number of morpholine rings is 1. The molecule has 0 aromatic heterocycles. The van der Waals surface area contributed by atoms with Crippen molar-refractivity contribution in [3.05, 3.63) is 0 Å². The Morgan fingerprint density at radius 2 is 1.52 bits per heavy atom. The number of likely N-dealkylation sites (tertiary alicyclic amines) is 1. The van der Waals surface area contributed by atoms with Crippen LogP contribution in [0.15, 0.2) is 0 Å². The van der Waals surface area contributed by atoms with Gasteiger partial charge in [0, 0.05) is 43.7 Å². The molecule has 15 nitrogen and oxygen atoms in total. The lowest BCUT2D eigenvalue weighted by molar-refractivity contribution is -0.144. The zero-order valence-electron chi connectivity index (χ0n) is 33.9. The lowest BCUT2D eigenvalue weighted by Crippen LogP contribution is -2.62. The van der Waals surface area contributed by atoms with Crippen LogP contribution in [0.3, 0.4) is 0 Å². The molecular formula is C38H65N7O8S. The fourth-order valence-electron chi connectivity index (χ4n) is 9.32.